The minimum atomic E-state index is -4.38. The van der Waals surface area contributed by atoms with Crippen LogP contribution in [0.1, 0.15) is 11.1 Å². The number of benzene rings is 1. The molecule has 0 radical (unpaired) electrons. The van der Waals surface area contributed by atoms with Crippen LogP contribution < -0.4 is 0 Å². The first kappa shape index (κ1) is 14.2. The van der Waals surface area contributed by atoms with Crippen LogP contribution in [0.3, 0.4) is 0 Å². The molecule has 0 aliphatic carbocycles. The lowest BCUT2D eigenvalue weighted by Gasteiger charge is -2.10. The summed E-state index contributed by atoms with van der Waals surface area (Å²) >= 11 is 6.80. The van der Waals surface area contributed by atoms with Gasteiger partial charge in [-0.1, -0.05) is 23.7 Å². The Hall–Kier alpha value is -1.20. The molecule has 2 rings (SSSR count). The van der Waals surface area contributed by atoms with Crippen molar-refractivity contribution in [2.45, 2.75) is 17.0 Å². The van der Waals surface area contributed by atoms with Crippen molar-refractivity contribution in [2.24, 2.45) is 0 Å². The Bertz CT molecular complexity index is 555. The second-order valence-electron chi connectivity index (χ2n) is 3.77. The van der Waals surface area contributed by atoms with Crippen molar-refractivity contribution < 1.29 is 13.2 Å². The normalized spacial score (nSPS) is 11.6. The molecule has 0 aliphatic heterocycles. The third kappa shape index (κ3) is 3.88. The van der Waals surface area contributed by atoms with E-state index in [0.717, 1.165) is 23.4 Å². The SMILES string of the molecule is FC(F)(F)c1cccnc1SCc1ccc(Cl)cc1. The summed E-state index contributed by atoms with van der Waals surface area (Å²) in [5, 5.41) is 0.590. The van der Waals surface area contributed by atoms with Gasteiger partial charge in [0.1, 0.15) is 5.03 Å². The van der Waals surface area contributed by atoms with Gasteiger partial charge in [0.2, 0.25) is 0 Å². The molecule has 100 valence electrons. The molecule has 1 heterocycles. The van der Waals surface area contributed by atoms with Crippen LogP contribution in [0.25, 0.3) is 0 Å². The van der Waals surface area contributed by atoms with E-state index in [2.05, 4.69) is 4.98 Å². The fraction of sp³-hybridized carbons (Fsp3) is 0.154. The number of hydrogen-bond acceptors (Lipinski definition) is 2. The van der Waals surface area contributed by atoms with Crippen LogP contribution in [-0.2, 0) is 11.9 Å². The zero-order chi connectivity index (χ0) is 13.9. The van der Waals surface area contributed by atoms with Crippen LogP contribution in [0.5, 0.6) is 0 Å². The Kier molecular flexibility index (Phi) is 4.37. The molecule has 1 nitrogen and oxygen atoms in total. The van der Waals surface area contributed by atoms with Gasteiger partial charge in [0, 0.05) is 17.0 Å². The molecule has 0 bridgehead atoms. The molecule has 6 heteroatoms. The maximum absolute atomic E-state index is 12.8. The van der Waals surface area contributed by atoms with E-state index in [0.29, 0.717) is 10.8 Å². The van der Waals surface area contributed by atoms with Crippen molar-refractivity contribution in [3.8, 4) is 0 Å². The molecule has 0 fully saturated rings. The van der Waals surface area contributed by atoms with E-state index < -0.39 is 11.7 Å². The van der Waals surface area contributed by atoms with E-state index in [1.54, 1.807) is 24.3 Å². The number of nitrogens with zero attached hydrogens (tertiary/aromatic N) is 1. The van der Waals surface area contributed by atoms with Crippen molar-refractivity contribution in [3.63, 3.8) is 0 Å². The van der Waals surface area contributed by atoms with Gasteiger partial charge in [-0.25, -0.2) is 4.98 Å². The highest BCUT2D eigenvalue weighted by Gasteiger charge is 2.33. The fourth-order valence-electron chi connectivity index (χ4n) is 1.45. The molecule has 0 N–H and O–H groups in total. The van der Waals surface area contributed by atoms with Crippen LogP contribution in [-0.4, -0.2) is 4.98 Å². The third-order valence-electron chi connectivity index (χ3n) is 2.37. The first-order valence-electron chi connectivity index (χ1n) is 5.36. The van der Waals surface area contributed by atoms with Crippen molar-refractivity contribution >= 4 is 23.4 Å². The zero-order valence-electron chi connectivity index (χ0n) is 9.62. The van der Waals surface area contributed by atoms with E-state index in [9.17, 15) is 13.2 Å². The van der Waals surface area contributed by atoms with Gasteiger partial charge in [0.05, 0.1) is 5.56 Å². The van der Waals surface area contributed by atoms with Gasteiger partial charge in [0.15, 0.2) is 0 Å². The lowest BCUT2D eigenvalue weighted by molar-refractivity contribution is -0.140. The van der Waals surface area contributed by atoms with E-state index in [1.807, 2.05) is 0 Å². The number of alkyl halides is 3. The van der Waals surface area contributed by atoms with E-state index >= 15 is 0 Å². The average molecular weight is 304 g/mol. The van der Waals surface area contributed by atoms with Gasteiger partial charge < -0.3 is 0 Å². The standard InChI is InChI=1S/C13H9ClF3NS/c14-10-5-3-9(4-6-10)8-19-12-11(13(15,16)17)2-1-7-18-12/h1-7H,8H2. The number of rotatable bonds is 3. The molecule has 0 spiro atoms. The lowest BCUT2D eigenvalue weighted by Crippen LogP contribution is -2.07. The van der Waals surface area contributed by atoms with Crippen molar-refractivity contribution in [1.82, 2.24) is 4.98 Å². The van der Waals surface area contributed by atoms with Gasteiger partial charge in [-0.2, -0.15) is 13.2 Å². The van der Waals surface area contributed by atoms with Gasteiger partial charge >= 0.3 is 6.18 Å². The van der Waals surface area contributed by atoms with Gasteiger partial charge in [-0.15, -0.1) is 11.8 Å². The summed E-state index contributed by atoms with van der Waals surface area (Å²) in [6.45, 7) is 0. The van der Waals surface area contributed by atoms with Gasteiger partial charge in [0.25, 0.3) is 0 Å². The summed E-state index contributed by atoms with van der Waals surface area (Å²) in [4.78, 5) is 3.79. The maximum atomic E-state index is 12.8. The van der Waals surface area contributed by atoms with Gasteiger partial charge in [-0.3, -0.25) is 0 Å². The number of pyridine rings is 1. The topological polar surface area (TPSA) is 12.9 Å². The molecule has 0 saturated heterocycles. The fourth-order valence-corrected chi connectivity index (χ4v) is 2.55. The minimum absolute atomic E-state index is 0.00931. The quantitative estimate of drug-likeness (QED) is 0.736. The van der Waals surface area contributed by atoms with Gasteiger partial charge in [-0.05, 0) is 29.8 Å². The maximum Gasteiger partial charge on any atom is 0.419 e. The Labute approximate surface area is 117 Å². The number of halogens is 4. The number of hydrogen-bond donors (Lipinski definition) is 0. The minimum Gasteiger partial charge on any atom is -0.249 e. The predicted octanol–water partition coefficient (Wildman–Crippen LogP) is 5.05. The van der Waals surface area contributed by atoms with E-state index in [4.69, 9.17) is 11.6 Å². The first-order valence-corrected chi connectivity index (χ1v) is 6.72. The van der Waals surface area contributed by atoms with Crippen molar-refractivity contribution in [2.75, 3.05) is 0 Å². The molecular weight excluding hydrogens is 295 g/mol. The Morgan fingerprint density at radius 1 is 1.11 bits per heavy atom. The predicted molar refractivity (Wildman–Crippen MR) is 70.3 cm³/mol. The van der Waals surface area contributed by atoms with Crippen molar-refractivity contribution in [1.29, 1.82) is 0 Å². The van der Waals surface area contributed by atoms with Crippen LogP contribution in [0.15, 0.2) is 47.6 Å². The highest BCUT2D eigenvalue weighted by molar-refractivity contribution is 7.98. The molecule has 0 saturated carbocycles. The summed E-state index contributed by atoms with van der Waals surface area (Å²) in [6, 6.07) is 9.31. The van der Waals surface area contributed by atoms with Crippen LogP contribution in [0.4, 0.5) is 13.2 Å². The highest BCUT2D eigenvalue weighted by Crippen LogP contribution is 2.36. The molecule has 2 aromatic rings. The molecule has 0 atom stereocenters. The Morgan fingerprint density at radius 2 is 1.79 bits per heavy atom. The number of thioether (sulfide) groups is 1. The molecule has 0 aliphatic rings. The second kappa shape index (κ2) is 5.84. The summed E-state index contributed by atoms with van der Waals surface area (Å²) in [5.74, 6) is 0.414. The average Bonchev–Trinajstić information content (AvgIpc) is 2.37. The molecule has 19 heavy (non-hydrogen) atoms. The van der Waals surface area contributed by atoms with Crippen LogP contribution in [0, 0.1) is 0 Å². The highest BCUT2D eigenvalue weighted by atomic mass is 35.5. The van der Waals surface area contributed by atoms with Crippen molar-refractivity contribution in [3.05, 3.63) is 58.7 Å². The summed E-state index contributed by atoms with van der Waals surface area (Å²) in [5.41, 5.74) is 0.196. The Morgan fingerprint density at radius 3 is 2.42 bits per heavy atom. The summed E-state index contributed by atoms with van der Waals surface area (Å²) in [6.07, 6.45) is -3.02. The van der Waals surface area contributed by atoms with Crippen LogP contribution >= 0.6 is 23.4 Å². The third-order valence-corrected chi connectivity index (χ3v) is 3.69. The molecule has 0 amide bonds. The van der Waals surface area contributed by atoms with E-state index in [1.165, 1.54) is 12.3 Å². The summed E-state index contributed by atoms with van der Waals surface area (Å²) < 4.78 is 38.3. The second-order valence-corrected chi connectivity index (χ2v) is 5.17. The first-order chi connectivity index (χ1) is 8.97. The largest absolute Gasteiger partial charge is 0.419 e. The monoisotopic (exact) mass is 303 g/mol. The Balaban J connectivity index is 2.14. The van der Waals surface area contributed by atoms with Crippen LogP contribution in [0.2, 0.25) is 5.02 Å². The zero-order valence-corrected chi connectivity index (χ0v) is 11.2. The smallest absolute Gasteiger partial charge is 0.249 e. The molecule has 1 aromatic heterocycles. The molecule has 1 aromatic carbocycles. The lowest BCUT2D eigenvalue weighted by atomic mass is 10.2. The molecule has 0 unspecified atom stereocenters. The summed E-state index contributed by atoms with van der Waals surface area (Å²) in [7, 11) is 0. The number of aromatic nitrogens is 1. The molecular formula is C13H9ClF3NS. The van der Waals surface area contributed by atoms with E-state index in [-0.39, 0.29) is 5.03 Å².